The average molecular weight is 324 g/mol. The molecule has 4 N–H and O–H groups in total. The summed E-state index contributed by atoms with van der Waals surface area (Å²) in [4.78, 5) is 5.56. The number of hydrogen-bond acceptors (Lipinski definition) is 2. The van der Waals surface area contributed by atoms with E-state index in [0.717, 1.165) is 37.7 Å². The van der Waals surface area contributed by atoms with Crippen molar-refractivity contribution in [3.8, 4) is 0 Å². The van der Waals surface area contributed by atoms with Gasteiger partial charge in [-0.1, -0.05) is 23.7 Å². The first-order valence-electron chi connectivity index (χ1n) is 7.45. The molecule has 3 nitrogen and oxygen atoms in total. The van der Waals surface area contributed by atoms with Gasteiger partial charge in [0.05, 0.1) is 31.1 Å². The molecule has 0 unspecified atom stereocenters. The second kappa shape index (κ2) is 6.79. The van der Waals surface area contributed by atoms with E-state index in [1.54, 1.807) is 4.90 Å². The molecule has 0 saturated carbocycles. The first-order chi connectivity index (χ1) is 10.3. The van der Waals surface area contributed by atoms with Gasteiger partial charge in [-0.05, 0) is 29.6 Å². The quantitative estimate of drug-likeness (QED) is 0.868. The van der Waals surface area contributed by atoms with E-state index in [4.69, 9.17) is 11.6 Å². The van der Waals surface area contributed by atoms with Crippen molar-refractivity contribution in [1.29, 1.82) is 0 Å². The van der Waals surface area contributed by atoms with Gasteiger partial charge in [0, 0.05) is 10.7 Å². The molecular formula is C16H22ClN3S+2. The predicted octanol–water partition coefficient (Wildman–Crippen LogP) is 1.09. The molecule has 0 radical (unpaired) electrons. The number of nitrogens with one attached hydrogen (secondary N) is 1. The molecule has 0 spiro atoms. The van der Waals surface area contributed by atoms with E-state index in [1.165, 1.54) is 10.6 Å². The SMILES string of the molecule is [NH3+]C[C@@H](c1cccs1)[NH+]1CCN(c2cccc(Cl)c2)CC1. The van der Waals surface area contributed by atoms with Crippen LogP contribution in [0.5, 0.6) is 0 Å². The third kappa shape index (κ3) is 3.40. The minimum absolute atomic E-state index is 0.548. The highest BCUT2D eigenvalue weighted by atomic mass is 35.5. The van der Waals surface area contributed by atoms with E-state index in [9.17, 15) is 0 Å². The molecule has 2 heterocycles. The first kappa shape index (κ1) is 14.9. The lowest BCUT2D eigenvalue weighted by Gasteiger charge is -2.36. The Morgan fingerprint density at radius 3 is 2.67 bits per heavy atom. The van der Waals surface area contributed by atoms with Crippen molar-refractivity contribution in [3.05, 3.63) is 51.7 Å². The van der Waals surface area contributed by atoms with Gasteiger partial charge in [0.15, 0.2) is 6.04 Å². The van der Waals surface area contributed by atoms with Gasteiger partial charge in [-0.3, -0.25) is 0 Å². The van der Waals surface area contributed by atoms with Crippen molar-refractivity contribution in [2.75, 3.05) is 37.6 Å². The summed E-state index contributed by atoms with van der Waals surface area (Å²) in [5, 5.41) is 2.98. The minimum atomic E-state index is 0.548. The van der Waals surface area contributed by atoms with Crippen LogP contribution in [0, 0.1) is 0 Å². The zero-order valence-corrected chi connectivity index (χ0v) is 13.7. The summed E-state index contributed by atoms with van der Waals surface area (Å²) in [5.41, 5.74) is 5.40. The molecule has 1 aromatic carbocycles. The Bertz CT molecular complexity index is 565. The molecule has 1 fully saturated rings. The van der Waals surface area contributed by atoms with Crippen LogP contribution in [0.3, 0.4) is 0 Å². The smallest absolute Gasteiger partial charge is 0.172 e. The van der Waals surface area contributed by atoms with Gasteiger partial charge in [0.2, 0.25) is 0 Å². The lowest BCUT2D eigenvalue weighted by molar-refractivity contribution is -0.937. The topological polar surface area (TPSA) is 35.3 Å². The largest absolute Gasteiger partial charge is 0.360 e. The van der Waals surface area contributed by atoms with Crippen molar-refractivity contribution in [2.45, 2.75) is 6.04 Å². The van der Waals surface area contributed by atoms with Crippen LogP contribution >= 0.6 is 22.9 Å². The molecule has 2 aromatic rings. The highest BCUT2D eigenvalue weighted by Gasteiger charge is 2.29. The van der Waals surface area contributed by atoms with Crippen LogP contribution in [-0.4, -0.2) is 32.7 Å². The molecule has 1 aromatic heterocycles. The summed E-state index contributed by atoms with van der Waals surface area (Å²) in [6, 6.07) is 13.1. The summed E-state index contributed by atoms with van der Waals surface area (Å²) in [5.74, 6) is 0. The normalized spacial score (nSPS) is 17.9. The maximum atomic E-state index is 6.09. The van der Waals surface area contributed by atoms with E-state index < -0.39 is 0 Å². The maximum absolute atomic E-state index is 6.09. The molecule has 0 amide bonds. The number of nitrogens with zero attached hydrogens (tertiary/aromatic N) is 1. The van der Waals surface area contributed by atoms with Crippen molar-refractivity contribution in [3.63, 3.8) is 0 Å². The van der Waals surface area contributed by atoms with E-state index in [0.29, 0.717) is 6.04 Å². The van der Waals surface area contributed by atoms with E-state index >= 15 is 0 Å². The number of thiophene rings is 1. The van der Waals surface area contributed by atoms with Crippen LogP contribution in [0.1, 0.15) is 10.9 Å². The zero-order valence-electron chi connectivity index (χ0n) is 12.1. The Kier molecular flexibility index (Phi) is 4.80. The molecule has 1 saturated heterocycles. The summed E-state index contributed by atoms with van der Waals surface area (Å²) in [6.07, 6.45) is 0. The Morgan fingerprint density at radius 2 is 2.05 bits per heavy atom. The van der Waals surface area contributed by atoms with Crippen LogP contribution in [0.2, 0.25) is 5.02 Å². The number of hydrogen-bond donors (Lipinski definition) is 2. The number of benzene rings is 1. The molecule has 112 valence electrons. The molecule has 1 atom stereocenters. The average Bonchev–Trinajstić information content (AvgIpc) is 3.03. The van der Waals surface area contributed by atoms with Crippen LogP contribution in [0.25, 0.3) is 0 Å². The number of quaternary nitrogens is 2. The maximum Gasteiger partial charge on any atom is 0.172 e. The number of halogens is 1. The summed E-state index contributed by atoms with van der Waals surface area (Å²) >= 11 is 7.95. The summed E-state index contributed by atoms with van der Waals surface area (Å²) in [7, 11) is 0. The van der Waals surface area contributed by atoms with Crippen LogP contribution < -0.4 is 15.5 Å². The highest BCUT2D eigenvalue weighted by Crippen LogP contribution is 2.20. The van der Waals surface area contributed by atoms with Crippen molar-refractivity contribution in [2.24, 2.45) is 0 Å². The second-order valence-electron chi connectivity index (χ2n) is 5.48. The molecular weight excluding hydrogens is 302 g/mol. The highest BCUT2D eigenvalue weighted by molar-refractivity contribution is 7.10. The van der Waals surface area contributed by atoms with Gasteiger partial charge in [-0.2, -0.15) is 0 Å². The summed E-state index contributed by atoms with van der Waals surface area (Å²) < 4.78 is 0. The summed E-state index contributed by atoms with van der Waals surface area (Å²) in [6.45, 7) is 5.44. The monoisotopic (exact) mass is 323 g/mol. The second-order valence-corrected chi connectivity index (χ2v) is 6.90. The van der Waals surface area contributed by atoms with Gasteiger partial charge >= 0.3 is 0 Å². The minimum Gasteiger partial charge on any atom is -0.360 e. The Balaban J connectivity index is 1.64. The third-order valence-electron chi connectivity index (χ3n) is 4.25. The molecule has 1 aliphatic heterocycles. The molecule has 1 aliphatic rings. The van der Waals surface area contributed by atoms with Crippen molar-refractivity contribution < 1.29 is 10.6 Å². The number of rotatable bonds is 4. The van der Waals surface area contributed by atoms with Gasteiger partial charge in [0.1, 0.15) is 6.54 Å². The van der Waals surface area contributed by atoms with Crippen molar-refractivity contribution in [1.82, 2.24) is 0 Å². The Labute approximate surface area is 134 Å². The molecule has 21 heavy (non-hydrogen) atoms. The zero-order chi connectivity index (χ0) is 14.7. The fraction of sp³-hybridized carbons (Fsp3) is 0.375. The van der Waals surface area contributed by atoms with Crippen LogP contribution in [0.4, 0.5) is 5.69 Å². The Hall–Kier alpha value is -1.07. The van der Waals surface area contributed by atoms with Crippen LogP contribution in [-0.2, 0) is 0 Å². The van der Waals surface area contributed by atoms with E-state index in [2.05, 4.69) is 40.3 Å². The first-order valence-corrected chi connectivity index (χ1v) is 8.71. The predicted molar refractivity (Wildman–Crippen MR) is 89.2 cm³/mol. The van der Waals surface area contributed by atoms with E-state index in [1.807, 2.05) is 23.5 Å². The van der Waals surface area contributed by atoms with Gasteiger partial charge in [-0.25, -0.2) is 0 Å². The molecule has 3 rings (SSSR count). The molecule has 5 heteroatoms. The Morgan fingerprint density at radius 1 is 1.24 bits per heavy atom. The fourth-order valence-electron chi connectivity index (χ4n) is 3.11. The lowest BCUT2D eigenvalue weighted by Crippen LogP contribution is -3.16. The van der Waals surface area contributed by atoms with Gasteiger partial charge < -0.3 is 15.5 Å². The standard InChI is InChI=1S/C16H20ClN3S/c17-13-3-1-4-14(11-13)19-6-8-20(9-7-19)15(12-18)16-5-2-10-21-16/h1-5,10-11,15H,6-9,12,18H2/p+2/t15-/m0/s1. The van der Waals surface area contributed by atoms with Crippen LogP contribution in [0.15, 0.2) is 41.8 Å². The lowest BCUT2D eigenvalue weighted by atomic mass is 10.1. The van der Waals surface area contributed by atoms with E-state index in [-0.39, 0.29) is 0 Å². The fourth-order valence-corrected chi connectivity index (χ4v) is 4.22. The number of piperazine rings is 1. The van der Waals surface area contributed by atoms with Crippen molar-refractivity contribution >= 4 is 28.6 Å². The van der Waals surface area contributed by atoms with Gasteiger partial charge in [-0.15, -0.1) is 11.3 Å². The number of anilines is 1. The molecule has 0 bridgehead atoms. The van der Waals surface area contributed by atoms with Gasteiger partial charge in [0.25, 0.3) is 0 Å². The molecule has 0 aliphatic carbocycles. The third-order valence-corrected chi connectivity index (χ3v) is 5.47.